The summed E-state index contributed by atoms with van der Waals surface area (Å²) in [5, 5.41) is 3.24. The van der Waals surface area contributed by atoms with E-state index in [0.29, 0.717) is 0 Å². The lowest BCUT2D eigenvalue weighted by Crippen LogP contribution is -2.04. The first-order valence-corrected chi connectivity index (χ1v) is 7.49. The molecular formula is C16H28N2. The highest BCUT2D eigenvalue weighted by Crippen LogP contribution is 2.14. The second-order valence-electron chi connectivity index (χ2n) is 5.11. The lowest BCUT2D eigenvalue weighted by molar-refractivity contribution is 0.576. The van der Waals surface area contributed by atoms with Gasteiger partial charge in [0.05, 0.1) is 0 Å². The number of rotatable bonds is 9. The van der Waals surface area contributed by atoms with E-state index in [2.05, 4.69) is 24.2 Å². The quantitative estimate of drug-likeness (QED) is 0.574. The molecule has 0 spiro atoms. The average molecular weight is 248 g/mol. The third-order valence-corrected chi connectivity index (χ3v) is 3.47. The SMILES string of the molecule is CCCCCCCCCCC1=C(C)NC=CN=C1. The minimum Gasteiger partial charge on any atom is -0.364 e. The highest BCUT2D eigenvalue weighted by molar-refractivity contribution is 5.80. The monoisotopic (exact) mass is 248 g/mol. The predicted octanol–water partition coefficient (Wildman–Crippen LogP) is 4.94. The molecule has 0 atom stereocenters. The largest absolute Gasteiger partial charge is 0.364 e. The summed E-state index contributed by atoms with van der Waals surface area (Å²) in [4.78, 5) is 4.23. The van der Waals surface area contributed by atoms with E-state index in [1.165, 1.54) is 62.6 Å². The maximum Gasteiger partial charge on any atom is 0.0428 e. The standard InChI is InChI=1S/C16H28N2/c1-3-4-5-6-7-8-9-10-11-16-14-17-12-13-18-15(16)2/h12-14,18H,3-11H2,1-2H3. The molecule has 0 aliphatic carbocycles. The Kier molecular flexibility index (Phi) is 8.28. The van der Waals surface area contributed by atoms with Crippen molar-refractivity contribution in [2.75, 3.05) is 0 Å². The Morgan fingerprint density at radius 1 is 1.00 bits per heavy atom. The molecule has 1 rings (SSSR count). The van der Waals surface area contributed by atoms with Crippen LogP contribution in [-0.4, -0.2) is 6.21 Å². The van der Waals surface area contributed by atoms with Crippen LogP contribution in [0.5, 0.6) is 0 Å². The first kappa shape index (κ1) is 15.0. The van der Waals surface area contributed by atoms with Crippen LogP contribution in [0, 0.1) is 0 Å². The van der Waals surface area contributed by atoms with Crippen LogP contribution in [0.25, 0.3) is 0 Å². The Bertz CT molecular complexity index is 300. The van der Waals surface area contributed by atoms with E-state index in [1.807, 2.05) is 18.6 Å². The molecule has 1 N–H and O–H groups in total. The van der Waals surface area contributed by atoms with Gasteiger partial charge in [-0.05, 0) is 25.3 Å². The van der Waals surface area contributed by atoms with Crippen LogP contribution < -0.4 is 5.32 Å². The molecule has 102 valence electrons. The van der Waals surface area contributed by atoms with Crippen LogP contribution >= 0.6 is 0 Å². The molecule has 0 fully saturated rings. The van der Waals surface area contributed by atoms with E-state index < -0.39 is 0 Å². The molecule has 2 nitrogen and oxygen atoms in total. The molecule has 0 aromatic carbocycles. The van der Waals surface area contributed by atoms with Gasteiger partial charge in [0.1, 0.15) is 0 Å². The molecule has 0 aromatic rings. The number of hydrogen-bond donors (Lipinski definition) is 1. The van der Waals surface area contributed by atoms with Crippen LogP contribution in [0.2, 0.25) is 0 Å². The van der Waals surface area contributed by atoms with Crippen molar-refractivity contribution < 1.29 is 0 Å². The Labute approximate surface area is 112 Å². The van der Waals surface area contributed by atoms with E-state index >= 15 is 0 Å². The van der Waals surface area contributed by atoms with Gasteiger partial charge in [0.2, 0.25) is 0 Å². The summed E-state index contributed by atoms with van der Waals surface area (Å²) in [6.07, 6.45) is 17.9. The van der Waals surface area contributed by atoms with Crippen LogP contribution in [-0.2, 0) is 0 Å². The van der Waals surface area contributed by atoms with Gasteiger partial charge < -0.3 is 5.32 Å². The van der Waals surface area contributed by atoms with Crippen molar-refractivity contribution in [3.63, 3.8) is 0 Å². The zero-order valence-corrected chi connectivity index (χ0v) is 12.0. The molecule has 1 aliphatic heterocycles. The van der Waals surface area contributed by atoms with Gasteiger partial charge in [-0.2, -0.15) is 0 Å². The Morgan fingerprint density at radius 3 is 2.39 bits per heavy atom. The summed E-state index contributed by atoms with van der Waals surface area (Å²) >= 11 is 0. The molecule has 0 unspecified atom stereocenters. The number of allylic oxidation sites excluding steroid dienone is 2. The minimum absolute atomic E-state index is 1.15. The number of nitrogens with zero attached hydrogens (tertiary/aromatic N) is 1. The van der Waals surface area contributed by atoms with Crippen LogP contribution in [0.1, 0.15) is 71.6 Å². The fourth-order valence-corrected chi connectivity index (χ4v) is 2.23. The van der Waals surface area contributed by atoms with Gasteiger partial charge in [-0.25, -0.2) is 0 Å². The smallest absolute Gasteiger partial charge is 0.0428 e. The molecule has 1 heterocycles. The third kappa shape index (κ3) is 6.63. The molecule has 0 aromatic heterocycles. The second kappa shape index (κ2) is 9.93. The van der Waals surface area contributed by atoms with Crippen molar-refractivity contribution in [3.05, 3.63) is 23.7 Å². The molecule has 1 aliphatic rings. The number of hydrogen-bond acceptors (Lipinski definition) is 2. The van der Waals surface area contributed by atoms with Gasteiger partial charge in [-0.3, -0.25) is 4.99 Å². The topological polar surface area (TPSA) is 24.4 Å². The summed E-state index contributed by atoms with van der Waals surface area (Å²) in [7, 11) is 0. The van der Waals surface area contributed by atoms with E-state index in [0.717, 1.165) is 6.42 Å². The first-order valence-electron chi connectivity index (χ1n) is 7.49. The van der Waals surface area contributed by atoms with Crippen molar-refractivity contribution in [2.24, 2.45) is 4.99 Å². The van der Waals surface area contributed by atoms with Crippen molar-refractivity contribution in [2.45, 2.75) is 71.6 Å². The Balaban J connectivity index is 2.04. The summed E-state index contributed by atoms with van der Waals surface area (Å²) in [6.45, 7) is 4.40. The Morgan fingerprint density at radius 2 is 1.67 bits per heavy atom. The zero-order chi connectivity index (χ0) is 13.1. The maximum absolute atomic E-state index is 4.23. The van der Waals surface area contributed by atoms with Crippen molar-refractivity contribution in [1.29, 1.82) is 0 Å². The molecular weight excluding hydrogens is 220 g/mol. The number of nitrogens with one attached hydrogen (secondary N) is 1. The van der Waals surface area contributed by atoms with Crippen molar-refractivity contribution >= 4 is 6.21 Å². The predicted molar refractivity (Wildman–Crippen MR) is 80.7 cm³/mol. The summed E-state index contributed by atoms with van der Waals surface area (Å²) in [6, 6.07) is 0. The van der Waals surface area contributed by atoms with Gasteiger partial charge in [0, 0.05) is 24.3 Å². The van der Waals surface area contributed by atoms with Crippen molar-refractivity contribution in [1.82, 2.24) is 5.32 Å². The molecule has 0 saturated heterocycles. The van der Waals surface area contributed by atoms with Gasteiger partial charge in [0.25, 0.3) is 0 Å². The number of aliphatic imine (C=N–C) groups is 1. The average Bonchev–Trinajstić information content (AvgIpc) is 2.58. The summed E-state index contributed by atoms with van der Waals surface area (Å²) in [5.41, 5.74) is 2.60. The molecule has 18 heavy (non-hydrogen) atoms. The summed E-state index contributed by atoms with van der Waals surface area (Å²) in [5.74, 6) is 0. The van der Waals surface area contributed by atoms with Gasteiger partial charge in [-0.15, -0.1) is 0 Å². The summed E-state index contributed by atoms with van der Waals surface area (Å²) < 4.78 is 0. The fourth-order valence-electron chi connectivity index (χ4n) is 2.23. The lowest BCUT2D eigenvalue weighted by Gasteiger charge is -2.06. The third-order valence-electron chi connectivity index (χ3n) is 3.47. The van der Waals surface area contributed by atoms with Gasteiger partial charge in [0.15, 0.2) is 0 Å². The Hall–Kier alpha value is -1.05. The van der Waals surface area contributed by atoms with Crippen LogP contribution in [0.15, 0.2) is 28.7 Å². The van der Waals surface area contributed by atoms with E-state index in [-0.39, 0.29) is 0 Å². The van der Waals surface area contributed by atoms with Gasteiger partial charge >= 0.3 is 0 Å². The highest BCUT2D eigenvalue weighted by Gasteiger charge is 2.01. The van der Waals surface area contributed by atoms with E-state index in [1.54, 1.807) is 0 Å². The number of unbranched alkanes of at least 4 members (excludes halogenated alkanes) is 7. The van der Waals surface area contributed by atoms with E-state index in [9.17, 15) is 0 Å². The zero-order valence-electron chi connectivity index (χ0n) is 12.0. The molecule has 0 saturated carbocycles. The maximum atomic E-state index is 4.23. The second-order valence-corrected chi connectivity index (χ2v) is 5.11. The van der Waals surface area contributed by atoms with Crippen molar-refractivity contribution in [3.8, 4) is 0 Å². The highest BCUT2D eigenvalue weighted by atomic mass is 14.9. The van der Waals surface area contributed by atoms with E-state index in [4.69, 9.17) is 0 Å². The van der Waals surface area contributed by atoms with Crippen LogP contribution in [0.3, 0.4) is 0 Å². The fraction of sp³-hybridized carbons (Fsp3) is 0.688. The lowest BCUT2D eigenvalue weighted by atomic mass is 10.0. The molecule has 0 amide bonds. The molecule has 0 radical (unpaired) electrons. The normalized spacial score (nSPS) is 14.8. The first-order chi connectivity index (χ1) is 8.84. The molecule has 0 bridgehead atoms. The minimum atomic E-state index is 1.15. The molecule has 2 heteroatoms. The van der Waals surface area contributed by atoms with Gasteiger partial charge in [-0.1, -0.05) is 51.9 Å². The van der Waals surface area contributed by atoms with Crippen LogP contribution in [0.4, 0.5) is 0 Å².